The highest BCUT2D eigenvalue weighted by atomic mass is 35.5. The van der Waals surface area contributed by atoms with Crippen LogP contribution < -0.4 is 23.7 Å². The molecular weight excluding hydrogens is 466 g/mol. The van der Waals surface area contributed by atoms with Gasteiger partial charge in [-0.3, -0.25) is 4.72 Å². The van der Waals surface area contributed by atoms with Gasteiger partial charge >= 0.3 is 0 Å². The molecule has 0 aliphatic carbocycles. The van der Waals surface area contributed by atoms with Crippen molar-refractivity contribution in [3.63, 3.8) is 0 Å². The zero-order valence-corrected chi connectivity index (χ0v) is 20.2. The van der Waals surface area contributed by atoms with E-state index in [1.54, 1.807) is 45.6 Å². The molecule has 0 saturated carbocycles. The Labute approximate surface area is 198 Å². The van der Waals surface area contributed by atoms with E-state index in [1.807, 2.05) is 24.3 Å². The molecule has 1 N–H and O–H groups in total. The summed E-state index contributed by atoms with van der Waals surface area (Å²) in [5, 5.41) is 0.215. The highest BCUT2D eigenvalue weighted by Gasteiger charge is 2.16. The minimum atomic E-state index is -3.80. The number of methoxy groups -OCH3 is 4. The van der Waals surface area contributed by atoms with Crippen molar-refractivity contribution >= 4 is 39.5 Å². The quantitative estimate of drug-likeness (QED) is 0.408. The van der Waals surface area contributed by atoms with E-state index in [1.165, 1.54) is 25.3 Å². The number of nitrogens with one attached hydrogen (secondary N) is 1. The third kappa shape index (κ3) is 5.71. The summed E-state index contributed by atoms with van der Waals surface area (Å²) in [7, 11) is 2.34. The molecular formula is C24H24ClNO6S. The summed E-state index contributed by atoms with van der Waals surface area (Å²) in [6, 6.07) is 14.9. The van der Waals surface area contributed by atoms with Crippen LogP contribution in [0.1, 0.15) is 11.1 Å². The molecule has 0 spiro atoms. The van der Waals surface area contributed by atoms with Gasteiger partial charge in [0.1, 0.15) is 5.75 Å². The van der Waals surface area contributed by atoms with E-state index < -0.39 is 10.0 Å². The van der Waals surface area contributed by atoms with Crippen LogP contribution >= 0.6 is 11.6 Å². The highest BCUT2D eigenvalue weighted by Crippen LogP contribution is 2.38. The van der Waals surface area contributed by atoms with Crippen molar-refractivity contribution in [1.82, 2.24) is 0 Å². The number of hydrogen-bond acceptors (Lipinski definition) is 6. The molecule has 0 atom stereocenters. The maximum Gasteiger partial charge on any atom is 0.261 e. The smallest absolute Gasteiger partial charge is 0.261 e. The SMILES string of the molecule is COc1ccc(S(=O)(=O)Nc2ccc(/C=C\c3cc(OC)c(OC)c(OC)c3)cc2)cc1Cl. The van der Waals surface area contributed by atoms with Gasteiger partial charge in [-0.25, -0.2) is 8.42 Å². The van der Waals surface area contributed by atoms with Gasteiger partial charge in [-0.1, -0.05) is 35.9 Å². The van der Waals surface area contributed by atoms with Crippen LogP contribution in [-0.4, -0.2) is 36.9 Å². The Morgan fingerprint density at radius 3 is 1.82 bits per heavy atom. The van der Waals surface area contributed by atoms with Crippen molar-refractivity contribution in [1.29, 1.82) is 0 Å². The fourth-order valence-corrected chi connectivity index (χ4v) is 4.49. The first-order chi connectivity index (χ1) is 15.8. The van der Waals surface area contributed by atoms with Gasteiger partial charge in [0.15, 0.2) is 11.5 Å². The molecule has 0 aliphatic rings. The lowest BCUT2D eigenvalue weighted by molar-refractivity contribution is 0.324. The Bertz CT molecular complexity index is 1230. The molecule has 3 aromatic rings. The second kappa shape index (κ2) is 10.5. The monoisotopic (exact) mass is 489 g/mol. The van der Waals surface area contributed by atoms with Crippen LogP contribution in [0.25, 0.3) is 12.2 Å². The van der Waals surface area contributed by atoms with Gasteiger partial charge in [-0.2, -0.15) is 0 Å². The van der Waals surface area contributed by atoms with E-state index in [4.69, 9.17) is 30.5 Å². The van der Waals surface area contributed by atoms with Gasteiger partial charge in [0.2, 0.25) is 5.75 Å². The zero-order valence-electron chi connectivity index (χ0n) is 18.6. The highest BCUT2D eigenvalue weighted by molar-refractivity contribution is 7.92. The van der Waals surface area contributed by atoms with Crippen LogP contribution in [0.2, 0.25) is 5.02 Å². The number of ether oxygens (including phenoxy) is 4. The molecule has 0 aromatic heterocycles. The van der Waals surface area contributed by atoms with Crippen molar-refractivity contribution < 1.29 is 27.4 Å². The van der Waals surface area contributed by atoms with Crippen LogP contribution in [0.5, 0.6) is 23.0 Å². The Morgan fingerprint density at radius 2 is 1.30 bits per heavy atom. The normalized spacial score (nSPS) is 11.3. The number of hydrogen-bond donors (Lipinski definition) is 1. The van der Waals surface area contributed by atoms with E-state index in [2.05, 4.69) is 4.72 Å². The molecule has 0 bridgehead atoms. The van der Waals surface area contributed by atoms with Gasteiger partial charge in [-0.15, -0.1) is 0 Å². The van der Waals surface area contributed by atoms with Gasteiger partial charge in [0, 0.05) is 5.69 Å². The Kier molecular flexibility index (Phi) is 7.73. The van der Waals surface area contributed by atoms with Crippen LogP contribution in [0.3, 0.4) is 0 Å². The molecule has 0 fully saturated rings. The summed E-state index contributed by atoms with van der Waals surface area (Å²) >= 11 is 6.05. The molecule has 0 unspecified atom stereocenters. The summed E-state index contributed by atoms with van der Waals surface area (Å²) in [5.41, 5.74) is 2.15. The second-order valence-corrected chi connectivity index (χ2v) is 8.91. The minimum absolute atomic E-state index is 0.0414. The van der Waals surface area contributed by atoms with E-state index in [-0.39, 0.29) is 9.92 Å². The molecule has 0 heterocycles. The van der Waals surface area contributed by atoms with Crippen molar-refractivity contribution in [2.45, 2.75) is 4.90 Å². The maximum atomic E-state index is 12.7. The van der Waals surface area contributed by atoms with Crippen molar-refractivity contribution in [3.05, 3.63) is 70.7 Å². The standard InChI is InChI=1S/C24H24ClNO6S/c1-29-21-12-11-19(15-20(21)25)33(27,28)26-18-9-7-16(8-10-18)5-6-17-13-22(30-2)24(32-4)23(14-17)31-3/h5-15,26H,1-4H3/b6-5-. The predicted octanol–water partition coefficient (Wildman–Crippen LogP) is 5.35. The molecule has 0 radical (unpaired) electrons. The molecule has 0 aliphatic heterocycles. The third-order valence-electron chi connectivity index (χ3n) is 4.75. The van der Waals surface area contributed by atoms with Crippen LogP contribution in [0.15, 0.2) is 59.5 Å². The second-order valence-electron chi connectivity index (χ2n) is 6.82. The third-order valence-corrected chi connectivity index (χ3v) is 6.43. The maximum absolute atomic E-state index is 12.7. The Morgan fingerprint density at radius 1 is 0.727 bits per heavy atom. The number of rotatable bonds is 9. The molecule has 9 heteroatoms. The molecule has 0 saturated heterocycles. The predicted molar refractivity (Wildman–Crippen MR) is 130 cm³/mol. The fraction of sp³-hybridized carbons (Fsp3) is 0.167. The Hall–Kier alpha value is -3.36. The first-order valence-electron chi connectivity index (χ1n) is 9.75. The lowest BCUT2D eigenvalue weighted by atomic mass is 10.1. The van der Waals surface area contributed by atoms with Crippen LogP contribution in [0, 0.1) is 0 Å². The van der Waals surface area contributed by atoms with Crippen molar-refractivity contribution in [2.75, 3.05) is 33.2 Å². The average Bonchev–Trinajstić information content (AvgIpc) is 2.82. The fourth-order valence-electron chi connectivity index (χ4n) is 3.08. The lowest BCUT2D eigenvalue weighted by Crippen LogP contribution is -2.12. The van der Waals surface area contributed by atoms with Crippen LogP contribution in [0.4, 0.5) is 5.69 Å². The molecule has 3 aromatic carbocycles. The molecule has 33 heavy (non-hydrogen) atoms. The van der Waals surface area contributed by atoms with E-state index >= 15 is 0 Å². The molecule has 174 valence electrons. The average molecular weight is 490 g/mol. The molecule has 7 nitrogen and oxygen atoms in total. The Balaban J connectivity index is 1.77. The van der Waals surface area contributed by atoms with Crippen molar-refractivity contribution in [3.8, 4) is 23.0 Å². The van der Waals surface area contributed by atoms with Crippen LogP contribution in [-0.2, 0) is 10.0 Å². The molecule has 3 rings (SSSR count). The number of sulfonamides is 1. The van der Waals surface area contributed by atoms with Gasteiger partial charge in [0.05, 0.1) is 38.4 Å². The summed E-state index contributed by atoms with van der Waals surface area (Å²) in [6.45, 7) is 0. The first-order valence-corrected chi connectivity index (χ1v) is 11.6. The topological polar surface area (TPSA) is 83.1 Å². The van der Waals surface area contributed by atoms with Crippen molar-refractivity contribution in [2.24, 2.45) is 0 Å². The zero-order chi connectivity index (χ0) is 24.0. The summed E-state index contributed by atoms with van der Waals surface area (Å²) in [5.74, 6) is 2.03. The number of anilines is 1. The number of benzene rings is 3. The summed E-state index contributed by atoms with van der Waals surface area (Å²) in [6.07, 6.45) is 3.78. The van der Waals surface area contributed by atoms with E-state index in [0.717, 1.165) is 11.1 Å². The summed E-state index contributed by atoms with van der Waals surface area (Å²) in [4.78, 5) is 0.0414. The lowest BCUT2D eigenvalue weighted by Gasteiger charge is -2.12. The number of halogens is 1. The van der Waals surface area contributed by atoms with E-state index in [9.17, 15) is 8.42 Å². The van der Waals surface area contributed by atoms with Gasteiger partial charge < -0.3 is 18.9 Å². The summed E-state index contributed by atoms with van der Waals surface area (Å²) < 4.78 is 49.0. The van der Waals surface area contributed by atoms with E-state index in [0.29, 0.717) is 28.7 Å². The minimum Gasteiger partial charge on any atom is -0.495 e. The largest absolute Gasteiger partial charge is 0.495 e. The van der Waals surface area contributed by atoms with Gasteiger partial charge in [-0.05, 0) is 53.6 Å². The first kappa shape index (κ1) is 24.3. The molecule has 0 amide bonds. The van der Waals surface area contributed by atoms with Gasteiger partial charge in [0.25, 0.3) is 10.0 Å².